The number of benzene rings is 1. The van der Waals surface area contributed by atoms with Gasteiger partial charge in [-0.15, -0.1) is 12.4 Å². The molecule has 1 aliphatic heterocycles. The number of carbonyl (C=O) groups is 1. The van der Waals surface area contributed by atoms with Crippen molar-refractivity contribution in [3.05, 3.63) is 24.3 Å². The maximum absolute atomic E-state index is 12.0. The number of hydrogen-bond donors (Lipinski definition) is 3. The summed E-state index contributed by atoms with van der Waals surface area (Å²) in [7, 11) is -3.30. The number of anilines is 2. The van der Waals surface area contributed by atoms with Crippen LogP contribution in [0.3, 0.4) is 0 Å². The Bertz CT molecular complexity index is 601. The van der Waals surface area contributed by atoms with Crippen LogP contribution >= 0.6 is 12.4 Å². The predicted molar refractivity (Wildman–Crippen MR) is 92.6 cm³/mol. The molecule has 1 aliphatic rings. The van der Waals surface area contributed by atoms with Crippen molar-refractivity contribution in [3.8, 4) is 0 Å². The molecular formula is C14H22ClN3O4S. The van der Waals surface area contributed by atoms with E-state index in [9.17, 15) is 13.2 Å². The summed E-state index contributed by atoms with van der Waals surface area (Å²) in [6.45, 7) is 3.55. The maximum Gasteiger partial charge on any atom is 0.254 e. The molecule has 3 N–H and O–H groups in total. The molecule has 0 saturated carbocycles. The van der Waals surface area contributed by atoms with Gasteiger partial charge >= 0.3 is 0 Å². The van der Waals surface area contributed by atoms with Crippen LogP contribution < -0.4 is 15.4 Å². The zero-order valence-corrected chi connectivity index (χ0v) is 14.5. The highest BCUT2D eigenvalue weighted by molar-refractivity contribution is 7.92. The van der Waals surface area contributed by atoms with Gasteiger partial charge in [-0.05, 0) is 30.7 Å². The monoisotopic (exact) mass is 363 g/mol. The second kappa shape index (κ2) is 9.07. The molecule has 2 rings (SSSR count). The molecule has 1 fully saturated rings. The second-order valence-corrected chi connectivity index (χ2v) is 6.89. The van der Waals surface area contributed by atoms with Crippen LogP contribution in [0.5, 0.6) is 0 Å². The quantitative estimate of drug-likeness (QED) is 0.705. The van der Waals surface area contributed by atoms with Crippen molar-refractivity contribution in [2.24, 2.45) is 0 Å². The van der Waals surface area contributed by atoms with Crippen molar-refractivity contribution in [1.82, 2.24) is 5.32 Å². The second-order valence-electron chi connectivity index (χ2n) is 5.05. The van der Waals surface area contributed by atoms with Crippen LogP contribution in [-0.2, 0) is 19.6 Å². The maximum atomic E-state index is 12.0. The number of halogens is 1. The van der Waals surface area contributed by atoms with Gasteiger partial charge in [-0.2, -0.15) is 0 Å². The van der Waals surface area contributed by atoms with E-state index < -0.39 is 16.1 Å². The fourth-order valence-corrected chi connectivity index (χ4v) is 3.21. The molecule has 0 spiro atoms. The van der Waals surface area contributed by atoms with Crippen LogP contribution in [0, 0.1) is 0 Å². The molecule has 1 aromatic carbocycles. The highest BCUT2D eigenvalue weighted by Gasteiger charge is 2.21. The van der Waals surface area contributed by atoms with Gasteiger partial charge in [-0.1, -0.05) is 6.92 Å². The number of rotatable bonds is 6. The average Bonchev–Trinajstić information content (AvgIpc) is 2.49. The zero-order valence-electron chi connectivity index (χ0n) is 12.9. The van der Waals surface area contributed by atoms with E-state index in [0.29, 0.717) is 30.9 Å². The van der Waals surface area contributed by atoms with Gasteiger partial charge in [0.1, 0.15) is 6.10 Å². The van der Waals surface area contributed by atoms with Gasteiger partial charge in [0.05, 0.1) is 12.4 Å². The van der Waals surface area contributed by atoms with Crippen LogP contribution in [0.25, 0.3) is 0 Å². The molecule has 0 bridgehead atoms. The Labute approximate surface area is 142 Å². The largest absolute Gasteiger partial charge is 0.366 e. The third-order valence-corrected chi connectivity index (χ3v) is 4.61. The van der Waals surface area contributed by atoms with E-state index in [2.05, 4.69) is 15.4 Å². The number of morpholine rings is 1. The third kappa shape index (κ3) is 6.34. The molecule has 130 valence electrons. The van der Waals surface area contributed by atoms with E-state index in [4.69, 9.17) is 4.74 Å². The molecule has 0 radical (unpaired) electrons. The Morgan fingerprint density at radius 2 is 1.96 bits per heavy atom. The van der Waals surface area contributed by atoms with Crippen LogP contribution in [-0.4, -0.2) is 45.9 Å². The molecule has 1 heterocycles. The van der Waals surface area contributed by atoms with Crippen LogP contribution in [0.15, 0.2) is 24.3 Å². The summed E-state index contributed by atoms with van der Waals surface area (Å²) in [5.74, 6) is -0.135. The zero-order chi connectivity index (χ0) is 16.0. The Hall–Kier alpha value is -1.35. The first-order valence-corrected chi connectivity index (χ1v) is 8.89. The minimum absolute atomic E-state index is 0. The van der Waals surface area contributed by atoms with E-state index >= 15 is 0 Å². The van der Waals surface area contributed by atoms with Gasteiger partial charge in [0.15, 0.2) is 0 Å². The fourth-order valence-electron chi connectivity index (χ4n) is 2.08. The van der Waals surface area contributed by atoms with E-state index in [-0.39, 0.29) is 24.1 Å². The summed E-state index contributed by atoms with van der Waals surface area (Å²) in [6, 6.07) is 6.53. The summed E-state index contributed by atoms with van der Waals surface area (Å²) in [6.07, 6.45) is 0.0512. The van der Waals surface area contributed by atoms with E-state index in [1.807, 2.05) is 0 Å². The minimum atomic E-state index is -3.30. The average molecular weight is 364 g/mol. The lowest BCUT2D eigenvalue weighted by Gasteiger charge is -2.22. The Kier molecular flexibility index (Phi) is 7.77. The van der Waals surface area contributed by atoms with Gasteiger partial charge in [0.2, 0.25) is 10.0 Å². The summed E-state index contributed by atoms with van der Waals surface area (Å²) in [5, 5.41) is 5.83. The van der Waals surface area contributed by atoms with E-state index in [1.165, 1.54) is 0 Å². The smallest absolute Gasteiger partial charge is 0.254 e. The SMILES string of the molecule is CCCS(=O)(=O)Nc1ccc(NC(=O)C2CNCCO2)cc1.Cl. The molecule has 1 aromatic rings. The number of sulfonamides is 1. The van der Waals surface area contributed by atoms with E-state index in [0.717, 1.165) is 6.54 Å². The standard InChI is InChI=1S/C14H21N3O4S.ClH/c1-2-9-22(19,20)17-12-5-3-11(4-6-12)16-14(18)13-10-15-7-8-21-13;/h3-6,13,15,17H,2,7-10H2,1H3,(H,16,18);1H. The highest BCUT2D eigenvalue weighted by Crippen LogP contribution is 2.15. The summed E-state index contributed by atoms with van der Waals surface area (Å²) >= 11 is 0. The van der Waals surface area contributed by atoms with Crippen molar-refractivity contribution >= 4 is 39.7 Å². The highest BCUT2D eigenvalue weighted by atomic mass is 35.5. The van der Waals surface area contributed by atoms with Crippen LogP contribution in [0.1, 0.15) is 13.3 Å². The molecular weight excluding hydrogens is 342 g/mol. The summed E-state index contributed by atoms with van der Waals surface area (Å²) in [5.41, 5.74) is 1.07. The van der Waals surface area contributed by atoms with Gasteiger partial charge in [0, 0.05) is 24.5 Å². The Morgan fingerprint density at radius 3 is 2.52 bits per heavy atom. The van der Waals surface area contributed by atoms with Crippen LogP contribution in [0.4, 0.5) is 11.4 Å². The number of hydrogen-bond acceptors (Lipinski definition) is 5. The summed E-state index contributed by atoms with van der Waals surface area (Å²) < 4.78 is 31.2. The molecule has 0 aromatic heterocycles. The number of amides is 1. The molecule has 23 heavy (non-hydrogen) atoms. The number of carbonyl (C=O) groups excluding carboxylic acids is 1. The third-order valence-electron chi connectivity index (χ3n) is 3.12. The van der Waals surface area contributed by atoms with Crippen LogP contribution in [0.2, 0.25) is 0 Å². The molecule has 1 unspecified atom stereocenters. The number of ether oxygens (including phenoxy) is 1. The lowest BCUT2D eigenvalue weighted by molar-refractivity contribution is -0.128. The van der Waals surface area contributed by atoms with Gasteiger partial charge < -0.3 is 15.4 Å². The molecule has 0 aliphatic carbocycles. The predicted octanol–water partition coefficient (Wildman–Crippen LogP) is 1.19. The lowest BCUT2D eigenvalue weighted by Crippen LogP contribution is -2.45. The molecule has 1 amide bonds. The van der Waals surface area contributed by atoms with Gasteiger partial charge in [-0.25, -0.2) is 8.42 Å². The van der Waals surface area contributed by atoms with Crippen molar-refractivity contribution in [1.29, 1.82) is 0 Å². The first kappa shape index (κ1) is 19.7. The van der Waals surface area contributed by atoms with Crippen molar-refractivity contribution in [3.63, 3.8) is 0 Å². The van der Waals surface area contributed by atoms with E-state index in [1.54, 1.807) is 31.2 Å². The normalized spacial score (nSPS) is 17.9. The first-order valence-electron chi connectivity index (χ1n) is 7.24. The van der Waals surface area contributed by atoms with Crippen molar-refractivity contribution < 1.29 is 17.9 Å². The van der Waals surface area contributed by atoms with Gasteiger partial charge in [-0.3, -0.25) is 9.52 Å². The lowest BCUT2D eigenvalue weighted by atomic mass is 10.2. The first-order chi connectivity index (χ1) is 10.5. The topological polar surface area (TPSA) is 96.5 Å². The Morgan fingerprint density at radius 1 is 1.30 bits per heavy atom. The molecule has 9 heteroatoms. The fraction of sp³-hybridized carbons (Fsp3) is 0.500. The molecule has 1 atom stereocenters. The van der Waals surface area contributed by atoms with Crippen molar-refractivity contribution in [2.45, 2.75) is 19.4 Å². The molecule has 1 saturated heterocycles. The van der Waals surface area contributed by atoms with Crippen molar-refractivity contribution in [2.75, 3.05) is 35.5 Å². The Balaban J connectivity index is 0.00000264. The summed E-state index contributed by atoms with van der Waals surface area (Å²) in [4.78, 5) is 12.0. The molecule has 7 nitrogen and oxygen atoms in total. The minimum Gasteiger partial charge on any atom is -0.366 e. The van der Waals surface area contributed by atoms with Gasteiger partial charge in [0.25, 0.3) is 5.91 Å². The number of nitrogens with one attached hydrogen (secondary N) is 3.